The van der Waals surface area contributed by atoms with Crippen molar-refractivity contribution < 1.29 is 9.59 Å². The van der Waals surface area contributed by atoms with E-state index in [1.54, 1.807) is 11.8 Å². The molecule has 0 N–H and O–H groups in total. The summed E-state index contributed by atoms with van der Waals surface area (Å²) in [5, 5.41) is 0.467. The largest absolute Gasteiger partial charge is 0.341 e. The van der Waals surface area contributed by atoms with Crippen molar-refractivity contribution in [2.75, 3.05) is 26.2 Å². The van der Waals surface area contributed by atoms with Gasteiger partial charge in [-0.05, 0) is 38.2 Å². The Morgan fingerprint density at radius 3 is 2.35 bits per heavy atom. The van der Waals surface area contributed by atoms with Gasteiger partial charge in [0.25, 0.3) is 11.5 Å². The van der Waals surface area contributed by atoms with Crippen molar-refractivity contribution in [1.29, 1.82) is 0 Å². The Bertz CT molecular complexity index is 920. The molecular weight excluding hydrogens is 352 g/mol. The lowest BCUT2D eigenvalue weighted by molar-refractivity contribution is -0.130. The van der Waals surface area contributed by atoms with E-state index in [2.05, 4.69) is 4.98 Å². The fourth-order valence-corrected chi connectivity index (χ4v) is 4.86. The smallest absolute Gasteiger partial charge is 0.264 e. The first-order valence-electron chi connectivity index (χ1n) is 9.12. The van der Waals surface area contributed by atoms with Crippen LogP contribution in [0.15, 0.2) is 11.1 Å². The Kier molecular flexibility index (Phi) is 4.52. The molecule has 2 amide bonds. The van der Waals surface area contributed by atoms with Gasteiger partial charge in [-0.1, -0.05) is 0 Å². The van der Waals surface area contributed by atoms with Crippen LogP contribution in [-0.2, 0) is 11.3 Å². The van der Waals surface area contributed by atoms with Crippen LogP contribution in [-0.4, -0.2) is 57.3 Å². The molecule has 4 rings (SSSR count). The van der Waals surface area contributed by atoms with E-state index in [9.17, 15) is 14.4 Å². The third-order valence-corrected chi connectivity index (χ3v) is 6.46. The average molecular weight is 374 g/mol. The summed E-state index contributed by atoms with van der Waals surface area (Å²) in [4.78, 5) is 47.1. The SMILES string of the molecule is Cc1c(C(=O)N2CCCC2)sc2ncn(CC(=O)N3CCCC3)c(=O)c12. The topological polar surface area (TPSA) is 75.5 Å². The van der Waals surface area contributed by atoms with E-state index in [1.165, 1.54) is 22.2 Å². The lowest BCUT2D eigenvalue weighted by Crippen LogP contribution is -2.34. The zero-order valence-corrected chi connectivity index (χ0v) is 15.7. The van der Waals surface area contributed by atoms with Crippen LogP contribution >= 0.6 is 11.3 Å². The molecule has 7 nitrogen and oxygen atoms in total. The zero-order chi connectivity index (χ0) is 18.3. The van der Waals surface area contributed by atoms with Crippen LogP contribution in [0, 0.1) is 6.92 Å². The highest BCUT2D eigenvalue weighted by Gasteiger charge is 2.26. The predicted octanol–water partition coefficient (Wildman–Crippen LogP) is 1.62. The molecule has 0 radical (unpaired) electrons. The van der Waals surface area contributed by atoms with Crippen LogP contribution in [0.5, 0.6) is 0 Å². The van der Waals surface area contributed by atoms with Gasteiger partial charge in [0.15, 0.2) is 0 Å². The fourth-order valence-electron chi connectivity index (χ4n) is 3.75. The van der Waals surface area contributed by atoms with E-state index in [4.69, 9.17) is 0 Å². The van der Waals surface area contributed by atoms with E-state index >= 15 is 0 Å². The quantitative estimate of drug-likeness (QED) is 0.818. The Labute approximate surface area is 155 Å². The normalized spacial score (nSPS) is 17.4. The van der Waals surface area contributed by atoms with Crippen molar-refractivity contribution in [2.45, 2.75) is 39.2 Å². The molecule has 0 aliphatic carbocycles. The number of fused-ring (bicyclic) bond motifs is 1. The summed E-state index contributed by atoms with van der Waals surface area (Å²) < 4.78 is 1.37. The molecule has 0 spiro atoms. The Hall–Kier alpha value is -2.22. The summed E-state index contributed by atoms with van der Waals surface area (Å²) in [6, 6.07) is 0. The second-order valence-electron chi connectivity index (χ2n) is 7.00. The first-order chi connectivity index (χ1) is 12.6. The Balaban J connectivity index is 1.66. The van der Waals surface area contributed by atoms with Crippen molar-refractivity contribution in [3.63, 3.8) is 0 Å². The maximum absolute atomic E-state index is 12.9. The molecule has 0 unspecified atom stereocenters. The number of hydrogen-bond donors (Lipinski definition) is 0. The highest BCUT2D eigenvalue weighted by Crippen LogP contribution is 2.29. The molecule has 2 aromatic heterocycles. The molecule has 26 heavy (non-hydrogen) atoms. The molecule has 0 aromatic carbocycles. The molecule has 2 saturated heterocycles. The summed E-state index contributed by atoms with van der Waals surface area (Å²) in [5.41, 5.74) is 0.444. The van der Waals surface area contributed by atoms with E-state index in [0.29, 0.717) is 20.7 Å². The third-order valence-electron chi connectivity index (χ3n) is 5.27. The van der Waals surface area contributed by atoms with E-state index in [0.717, 1.165) is 51.9 Å². The molecule has 8 heteroatoms. The second kappa shape index (κ2) is 6.83. The highest BCUT2D eigenvalue weighted by molar-refractivity contribution is 7.20. The maximum Gasteiger partial charge on any atom is 0.264 e. The molecule has 0 saturated carbocycles. The number of thiophene rings is 1. The van der Waals surface area contributed by atoms with Gasteiger partial charge in [0.05, 0.1) is 16.6 Å². The zero-order valence-electron chi connectivity index (χ0n) is 14.9. The number of likely N-dealkylation sites (tertiary alicyclic amines) is 2. The minimum Gasteiger partial charge on any atom is -0.341 e. The van der Waals surface area contributed by atoms with Crippen molar-refractivity contribution in [3.05, 3.63) is 27.1 Å². The number of hydrogen-bond acceptors (Lipinski definition) is 5. The molecule has 2 aliphatic rings. The number of nitrogens with zero attached hydrogens (tertiary/aromatic N) is 4. The molecule has 2 fully saturated rings. The summed E-state index contributed by atoms with van der Waals surface area (Å²) in [7, 11) is 0. The van der Waals surface area contributed by atoms with Crippen LogP contribution in [0.25, 0.3) is 10.2 Å². The minimum absolute atomic E-state index is 0.00641. The van der Waals surface area contributed by atoms with Crippen LogP contribution in [0.3, 0.4) is 0 Å². The molecule has 2 aromatic rings. The summed E-state index contributed by atoms with van der Waals surface area (Å²) >= 11 is 1.27. The summed E-state index contributed by atoms with van der Waals surface area (Å²) in [6.07, 6.45) is 5.52. The van der Waals surface area contributed by atoms with Crippen molar-refractivity contribution in [1.82, 2.24) is 19.4 Å². The van der Waals surface area contributed by atoms with Gasteiger partial charge in [0.1, 0.15) is 11.4 Å². The molecule has 4 heterocycles. The average Bonchev–Trinajstić information content (AvgIpc) is 3.38. The lowest BCUT2D eigenvalue weighted by atomic mass is 10.2. The van der Waals surface area contributed by atoms with Gasteiger partial charge < -0.3 is 9.80 Å². The number of carbonyl (C=O) groups excluding carboxylic acids is 2. The predicted molar refractivity (Wildman–Crippen MR) is 99.6 cm³/mol. The molecule has 138 valence electrons. The monoisotopic (exact) mass is 374 g/mol. The van der Waals surface area contributed by atoms with Crippen LogP contribution < -0.4 is 5.56 Å². The van der Waals surface area contributed by atoms with Gasteiger partial charge in [-0.2, -0.15) is 0 Å². The summed E-state index contributed by atoms with van der Waals surface area (Å²) in [6.45, 7) is 4.87. The second-order valence-corrected chi connectivity index (χ2v) is 8.00. The molecule has 0 atom stereocenters. The minimum atomic E-state index is -0.239. The number of amides is 2. The van der Waals surface area contributed by atoms with Gasteiger partial charge in [-0.3, -0.25) is 19.0 Å². The first kappa shape index (κ1) is 17.2. The highest BCUT2D eigenvalue weighted by atomic mass is 32.1. The van der Waals surface area contributed by atoms with Crippen LogP contribution in [0.4, 0.5) is 0 Å². The van der Waals surface area contributed by atoms with E-state index in [1.807, 2.05) is 4.90 Å². The Morgan fingerprint density at radius 2 is 1.69 bits per heavy atom. The van der Waals surface area contributed by atoms with E-state index in [-0.39, 0.29) is 23.9 Å². The van der Waals surface area contributed by atoms with Gasteiger partial charge in [0, 0.05) is 26.2 Å². The van der Waals surface area contributed by atoms with Gasteiger partial charge in [0.2, 0.25) is 5.91 Å². The van der Waals surface area contributed by atoms with Crippen LogP contribution in [0.2, 0.25) is 0 Å². The number of rotatable bonds is 3. The van der Waals surface area contributed by atoms with Gasteiger partial charge >= 0.3 is 0 Å². The van der Waals surface area contributed by atoms with Crippen LogP contribution in [0.1, 0.15) is 40.9 Å². The van der Waals surface area contributed by atoms with Gasteiger partial charge in [-0.15, -0.1) is 11.3 Å². The van der Waals surface area contributed by atoms with E-state index < -0.39 is 0 Å². The lowest BCUT2D eigenvalue weighted by Gasteiger charge is -2.15. The fraction of sp³-hybridized carbons (Fsp3) is 0.556. The molecular formula is C18H22N4O3S. The van der Waals surface area contributed by atoms with Crippen molar-refractivity contribution in [2.24, 2.45) is 0 Å². The standard InChI is InChI=1S/C18H22N4O3S/c1-12-14-16(26-15(12)18(25)21-8-4-5-9-21)19-11-22(17(14)24)10-13(23)20-6-2-3-7-20/h11H,2-10H2,1H3. The van der Waals surface area contributed by atoms with Crippen molar-refractivity contribution >= 4 is 33.4 Å². The Morgan fingerprint density at radius 1 is 1.08 bits per heavy atom. The number of aromatic nitrogens is 2. The van der Waals surface area contributed by atoms with Crippen molar-refractivity contribution in [3.8, 4) is 0 Å². The number of carbonyl (C=O) groups is 2. The first-order valence-corrected chi connectivity index (χ1v) is 9.93. The number of aryl methyl sites for hydroxylation is 1. The summed E-state index contributed by atoms with van der Waals surface area (Å²) in [5.74, 6) is -0.0610. The molecule has 2 aliphatic heterocycles. The van der Waals surface area contributed by atoms with Gasteiger partial charge in [-0.25, -0.2) is 4.98 Å². The third kappa shape index (κ3) is 2.92. The molecule has 0 bridgehead atoms. The maximum atomic E-state index is 12.9.